The van der Waals surface area contributed by atoms with Crippen molar-refractivity contribution < 1.29 is 4.79 Å². The number of nitrogens with two attached hydrogens (primary N) is 1. The number of likely N-dealkylation sites (N-methyl/N-ethyl adjacent to an activating group) is 2. The fourth-order valence-corrected chi connectivity index (χ4v) is 3.17. The van der Waals surface area contributed by atoms with Gasteiger partial charge in [0, 0.05) is 25.2 Å². The van der Waals surface area contributed by atoms with Crippen molar-refractivity contribution >= 4 is 5.91 Å². The SMILES string of the molecule is CCN(C(=O)C1CCCCCC1N)C(C)CN(C)C. The van der Waals surface area contributed by atoms with Crippen LogP contribution in [-0.2, 0) is 4.79 Å². The number of hydrogen-bond donors (Lipinski definition) is 1. The number of rotatable bonds is 5. The highest BCUT2D eigenvalue weighted by Crippen LogP contribution is 2.24. The lowest BCUT2D eigenvalue weighted by Crippen LogP contribution is -2.49. The topological polar surface area (TPSA) is 49.6 Å². The van der Waals surface area contributed by atoms with Crippen LogP contribution in [-0.4, -0.2) is 55.0 Å². The van der Waals surface area contributed by atoms with Gasteiger partial charge in [-0.3, -0.25) is 4.79 Å². The predicted molar refractivity (Wildman–Crippen MR) is 80.0 cm³/mol. The van der Waals surface area contributed by atoms with Crippen LogP contribution in [0.1, 0.15) is 46.0 Å². The zero-order valence-electron chi connectivity index (χ0n) is 13.1. The van der Waals surface area contributed by atoms with Crippen molar-refractivity contribution in [2.75, 3.05) is 27.2 Å². The van der Waals surface area contributed by atoms with E-state index in [1.54, 1.807) is 0 Å². The van der Waals surface area contributed by atoms with Gasteiger partial charge in [0.05, 0.1) is 5.92 Å². The lowest BCUT2D eigenvalue weighted by molar-refractivity contribution is -0.138. The number of carbonyl (C=O) groups is 1. The first-order valence-corrected chi connectivity index (χ1v) is 7.68. The molecule has 19 heavy (non-hydrogen) atoms. The van der Waals surface area contributed by atoms with Gasteiger partial charge in [-0.15, -0.1) is 0 Å². The van der Waals surface area contributed by atoms with Crippen LogP contribution in [0.5, 0.6) is 0 Å². The molecular weight excluding hydrogens is 238 g/mol. The van der Waals surface area contributed by atoms with Gasteiger partial charge in [0.25, 0.3) is 0 Å². The first-order valence-electron chi connectivity index (χ1n) is 7.68. The van der Waals surface area contributed by atoms with Crippen molar-refractivity contribution in [2.24, 2.45) is 11.7 Å². The Labute approximate surface area is 118 Å². The van der Waals surface area contributed by atoms with Crippen molar-refractivity contribution in [2.45, 2.75) is 58.0 Å². The van der Waals surface area contributed by atoms with Gasteiger partial charge < -0.3 is 15.5 Å². The molecule has 1 aliphatic carbocycles. The molecule has 1 rings (SSSR count). The number of nitrogens with zero attached hydrogens (tertiary/aromatic N) is 2. The Morgan fingerprint density at radius 3 is 2.47 bits per heavy atom. The van der Waals surface area contributed by atoms with Crippen LogP contribution >= 0.6 is 0 Å². The Morgan fingerprint density at radius 1 is 1.26 bits per heavy atom. The minimum Gasteiger partial charge on any atom is -0.339 e. The Bertz CT molecular complexity index is 281. The van der Waals surface area contributed by atoms with Crippen LogP contribution in [0.25, 0.3) is 0 Å². The van der Waals surface area contributed by atoms with E-state index in [-0.39, 0.29) is 23.9 Å². The first-order chi connectivity index (χ1) is 8.97. The van der Waals surface area contributed by atoms with Gasteiger partial charge in [-0.2, -0.15) is 0 Å². The third-order valence-electron chi connectivity index (χ3n) is 4.17. The van der Waals surface area contributed by atoms with Crippen LogP contribution in [0.4, 0.5) is 0 Å². The highest BCUT2D eigenvalue weighted by Gasteiger charge is 2.31. The van der Waals surface area contributed by atoms with Crippen molar-refractivity contribution in [3.8, 4) is 0 Å². The van der Waals surface area contributed by atoms with Crippen molar-refractivity contribution in [3.05, 3.63) is 0 Å². The molecule has 112 valence electrons. The van der Waals surface area contributed by atoms with E-state index in [4.69, 9.17) is 5.73 Å². The summed E-state index contributed by atoms with van der Waals surface area (Å²) in [6, 6.07) is 0.304. The zero-order chi connectivity index (χ0) is 14.4. The summed E-state index contributed by atoms with van der Waals surface area (Å²) in [7, 11) is 4.10. The molecule has 4 heteroatoms. The fourth-order valence-electron chi connectivity index (χ4n) is 3.17. The van der Waals surface area contributed by atoms with E-state index in [1.807, 2.05) is 19.0 Å². The molecule has 0 aliphatic heterocycles. The summed E-state index contributed by atoms with van der Waals surface area (Å²) in [6.07, 6.45) is 5.49. The Balaban J connectivity index is 2.70. The average Bonchev–Trinajstić information content (AvgIpc) is 2.53. The Morgan fingerprint density at radius 2 is 1.89 bits per heavy atom. The Hall–Kier alpha value is -0.610. The quantitative estimate of drug-likeness (QED) is 0.773. The van der Waals surface area contributed by atoms with E-state index in [9.17, 15) is 4.79 Å². The minimum absolute atomic E-state index is 0.0343. The van der Waals surface area contributed by atoms with E-state index < -0.39 is 0 Å². The maximum absolute atomic E-state index is 12.7. The molecular formula is C15H31N3O. The second kappa shape index (κ2) is 7.85. The van der Waals surface area contributed by atoms with Crippen LogP contribution in [0.3, 0.4) is 0 Å². The molecule has 0 bridgehead atoms. The summed E-state index contributed by atoms with van der Waals surface area (Å²) >= 11 is 0. The normalized spacial score (nSPS) is 26.0. The maximum atomic E-state index is 12.7. The molecule has 0 aromatic rings. The van der Waals surface area contributed by atoms with Crippen molar-refractivity contribution in [1.29, 1.82) is 0 Å². The molecule has 0 heterocycles. The van der Waals surface area contributed by atoms with Gasteiger partial charge in [0.1, 0.15) is 0 Å². The molecule has 1 amide bonds. The molecule has 1 aliphatic rings. The molecule has 0 spiro atoms. The van der Waals surface area contributed by atoms with Gasteiger partial charge >= 0.3 is 0 Å². The molecule has 3 atom stereocenters. The number of amides is 1. The lowest BCUT2D eigenvalue weighted by atomic mass is 9.93. The van der Waals surface area contributed by atoms with E-state index in [1.165, 1.54) is 12.8 Å². The number of hydrogen-bond acceptors (Lipinski definition) is 3. The maximum Gasteiger partial charge on any atom is 0.227 e. The van der Waals surface area contributed by atoms with E-state index >= 15 is 0 Å². The van der Waals surface area contributed by atoms with Crippen molar-refractivity contribution in [3.63, 3.8) is 0 Å². The molecule has 0 saturated heterocycles. The third-order valence-corrected chi connectivity index (χ3v) is 4.17. The number of carbonyl (C=O) groups excluding carboxylic acids is 1. The summed E-state index contributed by atoms with van der Waals surface area (Å²) in [4.78, 5) is 16.9. The highest BCUT2D eigenvalue weighted by molar-refractivity contribution is 5.80. The fraction of sp³-hybridized carbons (Fsp3) is 0.933. The zero-order valence-corrected chi connectivity index (χ0v) is 13.1. The third kappa shape index (κ3) is 4.77. The van der Waals surface area contributed by atoms with Crippen LogP contribution in [0.15, 0.2) is 0 Å². The highest BCUT2D eigenvalue weighted by atomic mass is 16.2. The summed E-state index contributed by atoms with van der Waals surface area (Å²) < 4.78 is 0. The summed E-state index contributed by atoms with van der Waals surface area (Å²) in [5, 5.41) is 0. The van der Waals surface area contributed by atoms with Gasteiger partial charge in [-0.25, -0.2) is 0 Å². The van der Waals surface area contributed by atoms with E-state index in [2.05, 4.69) is 18.7 Å². The molecule has 0 aromatic heterocycles. The summed E-state index contributed by atoms with van der Waals surface area (Å²) in [5.74, 6) is 0.304. The van der Waals surface area contributed by atoms with Gasteiger partial charge in [-0.05, 0) is 40.8 Å². The minimum atomic E-state index is 0.0343. The lowest BCUT2D eigenvalue weighted by Gasteiger charge is -2.34. The second-order valence-corrected chi connectivity index (χ2v) is 6.14. The summed E-state index contributed by atoms with van der Waals surface area (Å²) in [6.45, 7) is 5.87. The standard InChI is InChI=1S/C15H31N3O/c1-5-18(12(2)11-17(3)4)15(19)13-9-7-6-8-10-14(13)16/h12-14H,5-11,16H2,1-4H3. The van der Waals surface area contributed by atoms with E-state index in [0.717, 1.165) is 32.4 Å². The van der Waals surface area contributed by atoms with Gasteiger partial charge in [0.2, 0.25) is 5.91 Å². The van der Waals surface area contributed by atoms with Crippen LogP contribution in [0.2, 0.25) is 0 Å². The molecule has 0 radical (unpaired) electrons. The molecule has 0 aromatic carbocycles. The monoisotopic (exact) mass is 269 g/mol. The van der Waals surface area contributed by atoms with E-state index in [0.29, 0.717) is 0 Å². The average molecular weight is 269 g/mol. The first kappa shape index (κ1) is 16.4. The van der Waals surface area contributed by atoms with Crippen LogP contribution in [0, 0.1) is 5.92 Å². The second-order valence-electron chi connectivity index (χ2n) is 6.14. The summed E-state index contributed by atoms with van der Waals surface area (Å²) in [5.41, 5.74) is 6.22. The smallest absolute Gasteiger partial charge is 0.227 e. The molecule has 3 unspecified atom stereocenters. The largest absolute Gasteiger partial charge is 0.339 e. The van der Waals surface area contributed by atoms with Gasteiger partial charge in [-0.1, -0.05) is 19.3 Å². The van der Waals surface area contributed by atoms with Crippen molar-refractivity contribution in [1.82, 2.24) is 9.80 Å². The molecule has 1 fully saturated rings. The predicted octanol–water partition coefficient (Wildman–Crippen LogP) is 1.69. The van der Waals surface area contributed by atoms with Crippen LogP contribution < -0.4 is 5.73 Å². The molecule has 1 saturated carbocycles. The molecule has 4 nitrogen and oxygen atoms in total. The van der Waals surface area contributed by atoms with Gasteiger partial charge in [0.15, 0.2) is 0 Å². The Kier molecular flexibility index (Phi) is 6.80. The molecule has 2 N–H and O–H groups in total.